The Kier molecular flexibility index (Phi) is 5.30. The molecule has 0 bridgehead atoms. The van der Waals surface area contributed by atoms with Crippen LogP contribution in [0.1, 0.15) is 32.6 Å². The van der Waals surface area contributed by atoms with Gasteiger partial charge in [0.2, 0.25) is 0 Å². The SMILES string of the molecule is CCc1ccsc1C(=O)NCc1sccc1/C=C/C(=O)O. The lowest BCUT2D eigenvalue weighted by Crippen LogP contribution is -2.22. The highest BCUT2D eigenvalue weighted by Gasteiger charge is 2.12. The fourth-order valence-electron chi connectivity index (χ4n) is 1.86. The van der Waals surface area contributed by atoms with Crippen molar-refractivity contribution in [2.24, 2.45) is 0 Å². The summed E-state index contributed by atoms with van der Waals surface area (Å²) >= 11 is 2.93. The van der Waals surface area contributed by atoms with E-state index in [-0.39, 0.29) is 5.91 Å². The number of carboxylic acid groups (broad SMARTS) is 1. The van der Waals surface area contributed by atoms with Gasteiger partial charge in [0.15, 0.2) is 0 Å². The summed E-state index contributed by atoms with van der Waals surface area (Å²) in [6, 6.07) is 3.81. The molecule has 2 aromatic rings. The zero-order valence-corrected chi connectivity index (χ0v) is 13.1. The van der Waals surface area contributed by atoms with Crippen molar-refractivity contribution in [3.63, 3.8) is 0 Å². The number of thiophene rings is 2. The number of nitrogens with one attached hydrogen (secondary N) is 1. The summed E-state index contributed by atoms with van der Waals surface area (Å²) < 4.78 is 0. The van der Waals surface area contributed by atoms with Crippen molar-refractivity contribution in [3.05, 3.63) is 49.9 Å². The number of hydrogen-bond acceptors (Lipinski definition) is 4. The zero-order chi connectivity index (χ0) is 15.2. The Morgan fingerprint density at radius 3 is 2.76 bits per heavy atom. The van der Waals surface area contributed by atoms with Crippen molar-refractivity contribution in [3.8, 4) is 0 Å². The molecule has 110 valence electrons. The van der Waals surface area contributed by atoms with Gasteiger partial charge >= 0.3 is 5.97 Å². The summed E-state index contributed by atoms with van der Waals surface area (Å²) in [5.74, 6) is -1.06. The lowest BCUT2D eigenvalue weighted by molar-refractivity contribution is -0.131. The Morgan fingerprint density at radius 2 is 2.05 bits per heavy atom. The predicted octanol–water partition coefficient (Wildman–Crippen LogP) is 3.40. The quantitative estimate of drug-likeness (QED) is 0.801. The second-order valence-corrected chi connectivity index (χ2v) is 6.20. The molecule has 2 heterocycles. The van der Waals surface area contributed by atoms with Crippen LogP contribution in [0.25, 0.3) is 6.08 Å². The molecule has 0 aliphatic rings. The van der Waals surface area contributed by atoms with Crippen LogP contribution >= 0.6 is 22.7 Å². The molecule has 6 heteroatoms. The standard InChI is InChI=1S/C15H15NO3S2/c1-2-10-5-8-21-14(10)15(19)16-9-12-11(6-7-20-12)3-4-13(17)18/h3-8H,2,9H2,1H3,(H,16,19)(H,17,18)/b4-3+. The van der Waals surface area contributed by atoms with Gasteiger partial charge in [0.25, 0.3) is 5.91 Å². The first-order chi connectivity index (χ1) is 10.1. The van der Waals surface area contributed by atoms with E-state index in [1.807, 2.05) is 29.8 Å². The minimum absolute atomic E-state index is 0.0802. The van der Waals surface area contributed by atoms with Crippen LogP contribution in [0.5, 0.6) is 0 Å². The molecular formula is C15H15NO3S2. The summed E-state index contributed by atoms with van der Waals surface area (Å²) in [7, 11) is 0. The average molecular weight is 321 g/mol. The highest BCUT2D eigenvalue weighted by atomic mass is 32.1. The van der Waals surface area contributed by atoms with Gasteiger partial charge < -0.3 is 10.4 Å². The van der Waals surface area contributed by atoms with Gasteiger partial charge in [0, 0.05) is 11.0 Å². The highest BCUT2D eigenvalue weighted by molar-refractivity contribution is 7.12. The predicted molar refractivity (Wildman–Crippen MR) is 85.9 cm³/mol. The minimum atomic E-state index is -0.984. The van der Waals surface area contributed by atoms with Crippen molar-refractivity contribution >= 4 is 40.6 Å². The molecule has 0 fully saturated rings. The molecule has 1 amide bonds. The summed E-state index contributed by atoms with van der Waals surface area (Å²) in [5, 5.41) is 15.3. The Morgan fingerprint density at radius 1 is 1.29 bits per heavy atom. The smallest absolute Gasteiger partial charge is 0.328 e. The van der Waals surface area contributed by atoms with Crippen LogP contribution in [-0.2, 0) is 17.8 Å². The van der Waals surface area contributed by atoms with E-state index < -0.39 is 5.97 Å². The second-order valence-electron chi connectivity index (χ2n) is 4.28. The topological polar surface area (TPSA) is 66.4 Å². The molecule has 0 radical (unpaired) electrons. The number of carbonyl (C=O) groups is 2. The highest BCUT2D eigenvalue weighted by Crippen LogP contribution is 2.20. The molecule has 0 saturated heterocycles. The molecule has 0 saturated carbocycles. The van der Waals surface area contributed by atoms with Gasteiger partial charge in [-0.2, -0.15) is 0 Å². The summed E-state index contributed by atoms with van der Waals surface area (Å²) in [6.45, 7) is 2.42. The molecule has 2 N–H and O–H groups in total. The maximum absolute atomic E-state index is 12.1. The number of rotatable bonds is 6. The van der Waals surface area contributed by atoms with E-state index in [1.54, 1.807) is 6.08 Å². The Labute approximate surface area is 130 Å². The summed E-state index contributed by atoms with van der Waals surface area (Å²) in [4.78, 5) is 24.4. The molecule has 0 aromatic carbocycles. The van der Waals surface area contributed by atoms with E-state index in [0.29, 0.717) is 6.54 Å². The Bertz CT molecular complexity index is 670. The molecule has 0 atom stereocenters. The maximum Gasteiger partial charge on any atom is 0.328 e. The third-order valence-corrected chi connectivity index (χ3v) is 4.82. The van der Waals surface area contributed by atoms with Gasteiger partial charge in [-0.15, -0.1) is 22.7 Å². The minimum Gasteiger partial charge on any atom is -0.478 e. The zero-order valence-electron chi connectivity index (χ0n) is 11.5. The monoisotopic (exact) mass is 321 g/mol. The van der Waals surface area contributed by atoms with Gasteiger partial charge in [0.1, 0.15) is 0 Å². The van der Waals surface area contributed by atoms with Gasteiger partial charge in [-0.3, -0.25) is 4.79 Å². The number of hydrogen-bond donors (Lipinski definition) is 2. The molecule has 0 unspecified atom stereocenters. The van der Waals surface area contributed by atoms with Crippen LogP contribution in [0.4, 0.5) is 0 Å². The van der Waals surface area contributed by atoms with E-state index in [2.05, 4.69) is 5.32 Å². The number of amides is 1. The molecule has 0 spiro atoms. The fourth-order valence-corrected chi connectivity index (χ4v) is 3.58. The van der Waals surface area contributed by atoms with E-state index in [9.17, 15) is 9.59 Å². The Hall–Kier alpha value is -1.92. The van der Waals surface area contributed by atoms with Crippen LogP contribution < -0.4 is 5.32 Å². The third kappa shape index (κ3) is 4.03. The normalized spacial score (nSPS) is 10.9. The molecule has 2 rings (SSSR count). The first kappa shape index (κ1) is 15.5. The van der Waals surface area contributed by atoms with Crippen molar-refractivity contribution in [1.29, 1.82) is 0 Å². The van der Waals surface area contributed by atoms with E-state index in [1.165, 1.54) is 22.7 Å². The molecule has 2 aromatic heterocycles. The van der Waals surface area contributed by atoms with Crippen LogP contribution in [0, 0.1) is 0 Å². The second kappa shape index (κ2) is 7.19. The van der Waals surface area contributed by atoms with Gasteiger partial charge in [-0.05, 0) is 46.5 Å². The molecule has 21 heavy (non-hydrogen) atoms. The van der Waals surface area contributed by atoms with Gasteiger partial charge in [0.05, 0.1) is 11.4 Å². The van der Waals surface area contributed by atoms with Crippen molar-refractivity contribution in [1.82, 2.24) is 5.32 Å². The van der Waals surface area contributed by atoms with E-state index >= 15 is 0 Å². The average Bonchev–Trinajstić information content (AvgIpc) is 3.10. The number of aliphatic carboxylic acids is 1. The summed E-state index contributed by atoms with van der Waals surface area (Å²) in [5.41, 5.74) is 1.87. The third-order valence-electron chi connectivity index (χ3n) is 2.93. The maximum atomic E-state index is 12.1. The van der Waals surface area contributed by atoms with E-state index in [4.69, 9.17) is 5.11 Å². The summed E-state index contributed by atoms with van der Waals surface area (Å²) in [6.07, 6.45) is 3.47. The first-order valence-corrected chi connectivity index (χ1v) is 8.19. The molecule has 0 aliphatic carbocycles. The van der Waals surface area contributed by atoms with Gasteiger partial charge in [-0.1, -0.05) is 6.92 Å². The lowest BCUT2D eigenvalue weighted by Gasteiger charge is -2.05. The van der Waals surface area contributed by atoms with Gasteiger partial charge in [-0.25, -0.2) is 4.79 Å². The van der Waals surface area contributed by atoms with Crippen LogP contribution in [-0.4, -0.2) is 17.0 Å². The Balaban J connectivity index is 2.02. The number of aryl methyl sites for hydroxylation is 1. The molecular weight excluding hydrogens is 306 g/mol. The van der Waals surface area contributed by atoms with E-state index in [0.717, 1.165) is 33.4 Å². The largest absolute Gasteiger partial charge is 0.478 e. The van der Waals surface area contributed by atoms with Crippen molar-refractivity contribution < 1.29 is 14.7 Å². The molecule has 4 nitrogen and oxygen atoms in total. The molecule has 0 aliphatic heterocycles. The van der Waals surface area contributed by atoms with Crippen LogP contribution in [0.2, 0.25) is 0 Å². The first-order valence-electron chi connectivity index (χ1n) is 6.43. The number of carboxylic acids is 1. The van der Waals surface area contributed by atoms with Crippen molar-refractivity contribution in [2.45, 2.75) is 19.9 Å². The van der Waals surface area contributed by atoms with Crippen molar-refractivity contribution in [2.75, 3.05) is 0 Å². The number of carbonyl (C=O) groups excluding carboxylic acids is 1. The van der Waals surface area contributed by atoms with Crippen LogP contribution in [0.3, 0.4) is 0 Å². The van der Waals surface area contributed by atoms with Crippen LogP contribution in [0.15, 0.2) is 29.0 Å². The lowest BCUT2D eigenvalue weighted by atomic mass is 10.2. The fraction of sp³-hybridized carbons (Fsp3) is 0.200.